The van der Waals surface area contributed by atoms with Crippen molar-refractivity contribution in [3.8, 4) is 0 Å². The number of pyridine rings is 2. The van der Waals surface area contributed by atoms with Crippen LogP contribution in [0.25, 0.3) is 0 Å². The second-order valence-electron chi connectivity index (χ2n) is 3.61. The Bertz CT molecular complexity index is 576. The molecule has 0 fully saturated rings. The third-order valence-corrected chi connectivity index (χ3v) is 3.39. The number of halogens is 1. The molecule has 0 unspecified atom stereocenters. The summed E-state index contributed by atoms with van der Waals surface area (Å²) in [6, 6.07) is 6.91. The maximum absolute atomic E-state index is 11.7. The summed E-state index contributed by atoms with van der Waals surface area (Å²) in [6.07, 6.45) is 3.11. The van der Waals surface area contributed by atoms with Crippen molar-refractivity contribution >= 4 is 40.6 Å². The number of thioether (sulfide) groups is 1. The zero-order valence-corrected chi connectivity index (χ0v) is 11.4. The molecule has 0 aliphatic carbocycles. The highest BCUT2D eigenvalue weighted by molar-refractivity contribution is 7.99. The van der Waals surface area contributed by atoms with Crippen LogP contribution >= 0.6 is 23.4 Å². The van der Waals surface area contributed by atoms with Crippen LogP contribution in [0, 0.1) is 0 Å². The SMILES string of the molecule is Nc1ccc(SCC(=O)Nc2cccnc2Cl)nc1. The minimum absolute atomic E-state index is 0.168. The molecule has 1 amide bonds. The number of nitrogens with two attached hydrogens (primary N) is 1. The van der Waals surface area contributed by atoms with E-state index in [0.717, 1.165) is 5.03 Å². The molecule has 0 spiro atoms. The fourth-order valence-corrected chi connectivity index (χ4v) is 2.09. The molecule has 98 valence electrons. The van der Waals surface area contributed by atoms with Gasteiger partial charge < -0.3 is 11.1 Å². The number of hydrogen-bond acceptors (Lipinski definition) is 5. The number of carbonyl (C=O) groups excluding carboxylic acids is 1. The molecule has 0 aliphatic rings. The van der Waals surface area contributed by atoms with Crippen molar-refractivity contribution in [3.63, 3.8) is 0 Å². The van der Waals surface area contributed by atoms with E-state index in [1.54, 1.807) is 36.7 Å². The number of nitrogens with zero attached hydrogens (tertiary/aromatic N) is 2. The summed E-state index contributed by atoms with van der Waals surface area (Å²) >= 11 is 7.16. The summed E-state index contributed by atoms with van der Waals surface area (Å²) < 4.78 is 0. The first kappa shape index (κ1) is 13.6. The summed E-state index contributed by atoms with van der Waals surface area (Å²) in [7, 11) is 0. The maximum atomic E-state index is 11.7. The predicted octanol–water partition coefficient (Wildman–Crippen LogP) is 2.44. The fraction of sp³-hybridized carbons (Fsp3) is 0.0833. The highest BCUT2D eigenvalue weighted by atomic mass is 35.5. The largest absolute Gasteiger partial charge is 0.397 e. The number of aromatic nitrogens is 2. The lowest BCUT2D eigenvalue weighted by atomic mass is 10.4. The summed E-state index contributed by atoms with van der Waals surface area (Å²) in [4.78, 5) is 19.7. The van der Waals surface area contributed by atoms with E-state index < -0.39 is 0 Å². The summed E-state index contributed by atoms with van der Waals surface area (Å²) in [6.45, 7) is 0. The molecule has 0 aromatic carbocycles. The molecule has 2 rings (SSSR count). The Kier molecular flexibility index (Phi) is 4.59. The van der Waals surface area contributed by atoms with Gasteiger partial charge in [-0.15, -0.1) is 0 Å². The zero-order valence-electron chi connectivity index (χ0n) is 9.84. The third kappa shape index (κ3) is 4.11. The summed E-state index contributed by atoms with van der Waals surface area (Å²) in [5.74, 6) is 0.0702. The molecule has 2 aromatic rings. The van der Waals surface area contributed by atoms with Crippen molar-refractivity contribution in [2.45, 2.75) is 5.03 Å². The van der Waals surface area contributed by atoms with Gasteiger partial charge in [-0.3, -0.25) is 4.79 Å². The molecule has 0 atom stereocenters. The molecule has 7 heteroatoms. The lowest BCUT2D eigenvalue weighted by molar-refractivity contribution is -0.113. The molecule has 2 aromatic heterocycles. The molecular formula is C12H11ClN4OS. The molecular weight excluding hydrogens is 284 g/mol. The number of nitrogen functional groups attached to an aromatic ring is 1. The van der Waals surface area contributed by atoms with Crippen molar-refractivity contribution in [1.82, 2.24) is 9.97 Å². The summed E-state index contributed by atoms with van der Waals surface area (Å²) in [5, 5.41) is 3.69. The van der Waals surface area contributed by atoms with Gasteiger partial charge in [-0.25, -0.2) is 9.97 Å². The first-order chi connectivity index (χ1) is 9.15. The highest BCUT2D eigenvalue weighted by Crippen LogP contribution is 2.19. The van der Waals surface area contributed by atoms with Gasteiger partial charge in [0.05, 0.1) is 28.4 Å². The molecule has 19 heavy (non-hydrogen) atoms. The van der Waals surface area contributed by atoms with E-state index in [-0.39, 0.29) is 16.8 Å². The molecule has 2 heterocycles. The van der Waals surface area contributed by atoms with Crippen LogP contribution in [-0.2, 0) is 4.79 Å². The third-order valence-electron chi connectivity index (χ3n) is 2.14. The fourth-order valence-electron chi connectivity index (χ4n) is 1.28. The van der Waals surface area contributed by atoms with Crippen molar-refractivity contribution in [2.75, 3.05) is 16.8 Å². The molecule has 0 bridgehead atoms. The van der Waals surface area contributed by atoms with E-state index >= 15 is 0 Å². The number of nitrogens with one attached hydrogen (secondary N) is 1. The van der Waals surface area contributed by atoms with Gasteiger partial charge in [0, 0.05) is 6.20 Å². The smallest absolute Gasteiger partial charge is 0.234 e. The van der Waals surface area contributed by atoms with Crippen molar-refractivity contribution in [2.24, 2.45) is 0 Å². The van der Waals surface area contributed by atoms with Gasteiger partial charge in [0.1, 0.15) is 0 Å². The Morgan fingerprint density at radius 1 is 1.37 bits per heavy atom. The van der Waals surface area contributed by atoms with Gasteiger partial charge in [0.15, 0.2) is 5.15 Å². The van der Waals surface area contributed by atoms with Gasteiger partial charge in [-0.05, 0) is 24.3 Å². The average Bonchev–Trinajstić information content (AvgIpc) is 2.41. The number of carbonyl (C=O) groups is 1. The van der Waals surface area contributed by atoms with E-state index in [1.807, 2.05) is 0 Å². The topological polar surface area (TPSA) is 80.9 Å². The van der Waals surface area contributed by atoms with Gasteiger partial charge in [0.25, 0.3) is 0 Å². The Balaban J connectivity index is 1.88. The van der Waals surface area contributed by atoms with E-state index in [9.17, 15) is 4.79 Å². The molecule has 3 N–H and O–H groups in total. The lowest BCUT2D eigenvalue weighted by Gasteiger charge is -2.05. The Hall–Kier alpha value is -1.79. The van der Waals surface area contributed by atoms with Crippen LogP contribution in [0.1, 0.15) is 0 Å². The monoisotopic (exact) mass is 294 g/mol. The van der Waals surface area contributed by atoms with Crippen LogP contribution in [0.4, 0.5) is 11.4 Å². The second kappa shape index (κ2) is 6.40. The van der Waals surface area contributed by atoms with Crippen LogP contribution in [-0.4, -0.2) is 21.6 Å². The van der Waals surface area contributed by atoms with E-state index in [2.05, 4.69) is 15.3 Å². The van der Waals surface area contributed by atoms with Crippen LogP contribution in [0.5, 0.6) is 0 Å². The van der Waals surface area contributed by atoms with E-state index in [1.165, 1.54) is 11.8 Å². The Morgan fingerprint density at radius 2 is 2.21 bits per heavy atom. The second-order valence-corrected chi connectivity index (χ2v) is 4.96. The quantitative estimate of drug-likeness (QED) is 0.669. The molecule has 0 radical (unpaired) electrons. The normalized spacial score (nSPS) is 10.2. The minimum atomic E-state index is -0.168. The average molecular weight is 295 g/mol. The number of anilines is 2. The summed E-state index contributed by atoms with van der Waals surface area (Å²) in [5.41, 5.74) is 6.62. The van der Waals surface area contributed by atoms with E-state index in [4.69, 9.17) is 17.3 Å². The number of hydrogen-bond donors (Lipinski definition) is 2. The van der Waals surface area contributed by atoms with Crippen LogP contribution in [0.3, 0.4) is 0 Å². The van der Waals surface area contributed by atoms with Crippen LogP contribution in [0.2, 0.25) is 5.15 Å². The molecule has 0 saturated heterocycles. The zero-order chi connectivity index (χ0) is 13.7. The Labute approximate surface area is 119 Å². The van der Waals surface area contributed by atoms with Crippen molar-refractivity contribution in [3.05, 3.63) is 41.8 Å². The maximum Gasteiger partial charge on any atom is 0.234 e. The van der Waals surface area contributed by atoms with Gasteiger partial charge >= 0.3 is 0 Å². The first-order valence-corrected chi connectivity index (χ1v) is 6.76. The van der Waals surface area contributed by atoms with Crippen LogP contribution in [0.15, 0.2) is 41.7 Å². The van der Waals surface area contributed by atoms with Gasteiger partial charge in [-0.1, -0.05) is 23.4 Å². The van der Waals surface area contributed by atoms with Gasteiger partial charge in [0.2, 0.25) is 5.91 Å². The minimum Gasteiger partial charge on any atom is -0.397 e. The van der Waals surface area contributed by atoms with E-state index in [0.29, 0.717) is 11.4 Å². The first-order valence-electron chi connectivity index (χ1n) is 5.40. The lowest BCUT2D eigenvalue weighted by Crippen LogP contribution is -2.14. The van der Waals surface area contributed by atoms with Crippen LogP contribution < -0.4 is 11.1 Å². The standard InChI is InChI=1S/C12H11ClN4OS/c13-12-9(2-1-5-15-12)17-10(18)7-19-11-4-3-8(14)6-16-11/h1-6H,7,14H2,(H,17,18). The highest BCUT2D eigenvalue weighted by Gasteiger charge is 2.07. The molecule has 0 saturated carbocycles. The van der Waals surface area contributed by atoms with Gasteiger partial charge in [-0.2, -0.15) is 0 Å². The van der Waals surface area contributed by atoms with Crippen molar-refractivity contribution < 1.29 is 4.79 Å². The Morgan fingerprint density at radius 3 is 2.89 bits per heavy atom. The number of amides is 1. The van der Waals surface area contributed by atoms with Crippen molar-refractivity contribution in [1.29, 1.82) is 0 Å². The predicted molar refractivity (Wildman–Crippen MR) is 77.3 cm³/mol. The number of rotatable bonds is 4. The molecule has 0 aliphatic heterocycles. The molecule has 5 nitrogen and oxygen atoms in total.